The maximum absolute atomic E-state index is 13.6. The lowest BCUT2D eigenvalue weighted by Crippen LogP contribution is -2.24. The normalized spacial score (nSPS) is 13.2. The molecule has 0 amide bonds. The molecule has 0 unspecified atom stereocenters. The lowest BCUT2D eigenvalue weighted by atomic mass is 9.99. The molecule has 0 fully saturated rings. The number of anilines is 2. The second-order valence-electron chi connectivity index (χ2n) is 6.25. The molecule has 0 bridgehead atoms. The molecule has 2 aromatic rings. The summed E-state index contributed by atoms with van der Waals surface area (Å²) in [5.41, 5.74) is 1.20. The van der Waals surface area contributed by atoms with Gasteiger partial charge in [-0.05, 0) is 48.4 Å². The van der Waals surface area contributed by atoms with Crippen molar-refractivity contribution >= 4 is 34.5 Å². The van der Waals surface area contributed by atoms with Crippen molar-refractivity contribution in [1.29, 1.82) is 0 Å². The number of carboxylic acids is 1. The minimum Gasteiger partial charge on any atom is -0.478 e. The SMILES string of the molecule is CCO[C@H](c1ccc(/C(=C/C(=O)O)COC)cc1Nc1ccc(Cl)cc1)C(F)(F)F. The van der Waals surface area contributed by atoms with Gasteiger partial charge in [0, 0.05) is 41.8 Å². The summed E-state index contributed by atoms with van der Waals surface area (Å²) in [7, 11) is 1.39. The number of benzene rings is 2. The summed E-state index contributed by atoms with van der Waals surface area (Å²) in [6.45, 7) is 1.31. The number of carboxylic acid groups (broad SMARTS) is 1. The van der Waals surface area contributed by atoms with Crippen molar-refractivity contribution in [2.45, 2.75) is 19.2 Å². The molecule has 1 atom stereocenters. The van der Waals surface area contributed by atoms with Crippen LogP contribution >= 0.6 is 11.6 Å². The fourth-order valence-electron chi connectivity index (χ4n) is 2.82. The fourth-order valence-corrected chi connectivity index (χ4v) is 2.95. The van der Waals surface area contributed by atoms with E-state index < -0.39 is 18.2 Å². The van der Waals surface area contributed by atoms with Gasteiger partial charge in [0.2, 0.25) is 0 Å². The van der Waals surface area contributed by atoms with Gasteiger partial charge in [-0.15, -0.1) is 0 Å². The third-order valence-corrected chi connectivity index (χ3v) is 4.31. The molecule has 0 saturated heterocycles. The van der Waals surface area contributed by atoms with Gasteiger partial charge < -0.3 is 19.9 Å². The Balaban J connectivity index is 2.60. The number of methoxy groups -OCH3 is 1. The van der Waals surface area contributed by atoms with Crippen LogP contribution in [0.4, 0.5) is 24.5 Å². The van der Waals surface area contributed by atoms with Gasteiger partial charge in [0.1, 0.15) is 0 Å². The number of halogens is 4. The minimum absolute atomic E-state index is 0.0276. The van der Waals surface area contributed by atoms with Crippen LogP contribution in [0.5, 0.6) is 0 Å². The number of hydrogen-bond acceptors (Lipinski definition) is 4. The Morgan fingerprint density at radius 3 is 2.43 bits per heavy atom. The van der Waals surface area contributed by atoms with E-state index in [9.17, 15) is 18.0 Å². The molecular formula is C21H21ClF3NO4. The Bertz CT molecular complexity index is 898. The van der Waals surface area contributed by atoms with Crippen LogP contribution in [0.2, 0.25) is 5.02 Å². The van der Waals surface area contributed by atoms with Crippen LogP contribution in [0.3, 0.4) is 0 Å². The zero-order chi connectivity index (χ0) is 22.3. The number of hydrogen-bond donors (Lipinski definition) is 2. The van der Waals surface area contributed by atoms with E-state index in [-0.39, 0.29) is 24.5 Å². The molecule has 0 aliphatic rings. The Hall–Kier alpha value is -2.55. The van der Waals surface area contributed by atoms with E-state index in [2.05, 4.69) is 5.32 Å². The molecule has 0 radical (unpaired) electrons. The third kappa shape index (κ3) is 6.48. The van der Waals surface area contributed by atoms with Crippen molar-refractivity contribution < 1.29 is 32.5 Å². The topological polar surface area (TPSA) is 67.8 Å². The Morgan fingerprint density at radius 1 is 1.23 bits per heavy atom. The van der Waals surface area contributed by atoms with Crippen molar-refractivity contribution in [3.8, 4) is 0 Å². The molecule has 162 valence electrons. The predicted octanol–water partition coefficient (Wildman–Crippen LogP) is 5.84. The lowest BCUT2D eigenvalue weighted by Gasteiger charge is -2.24. The lowest BCUT2D eigenvalue weighted by molar-refractivity contribution is -0.222. The average Bonchev–Trinajstić information content (AvgIpc) is 2.67. The molecule has 0 spiro atoms. The third-order valence-electron chi connectivity index (χ3n) is 4.06. The van der Waals surface area contributed by atoms with Crippen LogP contribution in [0.1, 0.15) is 24.2 Å². The largest absolute Gasteiger partial charge is 0.478 e. The van der Waals surface area contributed by atoms with Crippen molar-refractivity contribution in [2.24, 2.45) is 0 Å². The zero-order valence-electron chi connectivity index (χ0n) is 16.3. The Morgan fingerprint density at radius 2 is 1.90 bits per heavy atom. The van der Waals surface area contributed by atoms with Gasteiger partial charge in [-0.2, -0.15) is 13.2 Å². The van der Waals surface area contributed by atoms with Crippen LogP contribution in [-0.2, 0) is 14.3 Å². The molecule has 0 aliphatic heterocycles. The van der Waals surface area contributed by atoms with Crippen molar-refractivity contribution in [1.82, 2.24) is 0 Å². The summed E-state index contributed by atoms with van der Waals surface area (Å²) in [6, 6.07) is 10.5. The number of rotatable bonds is 9. The highest BCUT2D eigenvalue weighted by Crippen LogP contribution is 2.41. The Labute approximate surface area is 177 Å². The first-order valence-electron chi connectivity index (χ1n) is 8.93. The number of aliphatic carboxylic acids is 1. The first-order valence-corrected chi connectivity index (χ1v) is 9.31. The average molecular weight is 444 g/mol. The van der Waals surface area contributed by atoms with Gasteiger partial charge in [0.05, 0.1) is 6.61 Å². The molecule has 0 aromatic heterocycles. The van der Waals surface area contributed by atoms with Crippen LogP contribution in [0.15, 0.2) is 48.5 Å². The van der Waals surface area contributed by atoms with Crippen LogP contribution in [0.25, 0.3) is 5.57 Å². The summed E-state index contributed by atoms with van der Waals surface area (Å²) < 4.78 is 50.9. The van der Waals surface area contributed by atoms with E-state index in [1.807, 2.05) is 0 Å². The van der Waals surface area contributed by atoms with E-state index in [4.69, 9.17) is 26.2 Å². The fraction of sp³-hybridized carbons (Fsp3) is 0.286. The summed E-state index contributed by atoms with van der Waals surface area (Å²) >= 11 is 5.87. The number of ether oxygens (including phenoxy) is 2. The second kappa shape index (κ2) is 10.5. The van der Waals surface area contributed by atoms with Gasteiger partial charge in [-0.1, -0.05) is 23.7 Å². The minimum atomic E-state index is -4.64. The summed E-state index contributed by atoms with van der Waals surface area (Å²) in [5, 5.41) is 12.5. The molecule has 5 nitrogen and oxygen atoms in total. The maximum atomic E-state index is 13.6. The standard InChI is InChI=1S/C21H21ClF3NO4/c1-3-30-20(21(23,24)25)17-9-4-13(14(12-29-2)11-19(27)28)10-18(17)26-16-7-5-15(22)6-8-16/h4-11,20,26H,3,12H2,1-2H3,(H,27,28)/b14-11+/t20-/m1/s1. The molecule has 9 heteroatoms. The highest BCUT2D eigenvalue weighted by molar-refractivity contribution is 6.30. The molecule has 2 aromatic carbocycles. The van der Waals surface area contributed by atoms with Gasteiger partial charge in [0.25, 0.3) is 0 Å². The molecule has 2 rings (SSSR count). The van der Waals surface area contributed by atoms with E-state index in [0.717, 1.165) is 6.08 Å². The summed E-state index contributed by atoms with van der Waals surface area (Å²) in [6.07, 6.45) is -5.84. The molecule has 2 N–H and O–H groups in total. The maximum Gasteiger partial charge on any atom is 0.418 e. The summed E-state index contributed by atoms with van der Waals surface area (Å²) in [5.74, 6) is -1.19. The molecule has 0 heterocycles. The van der Waals surface area contributed by atoms with E-state index in [1.165, 1.54) is 32.2 Å². The summed E-state index contributed by atoms with van der Waals surface area (Å²) in [4.78, 5) is 11.1. The number of carbonyl (C=O) groups is 1. The smallest absolute Gasteiger partial charge is 0.418 e. The monoisotopic (exact) mass is 443 g/mol. The Kier molecular flexibility index (Phi) is 8.28. The van der Waals surface area contributed by atoms with Gasteiger partial charge in [-0.3, -0.25) is 0 Å². The first kappa shape index (κ1) is 23.7. The van der Waals surface area contributed by atoms with Gasteiger partial charge in [-0.25, -0.2) is 4.79 Å². The highest BCUT2D eigenvalue weighted by atomic mass is 35.5. The van der Waals surface area contributed by atoms with Crippen LogP contribution < -0.4 is 5.32 Å². The van der Waals surface area contributed by atoms with Crippen molar-refractivity contribution in [3.63, 3.8) is 0 Å². The molecule has 0 saturated carbocycles. The van der Waals surface area contributed by atoms with E-state index in [0.29, 0.717) is 21.8 Å². The van der Waals surface area contributed by atoms with Gasteiger partial charge in [0.15, 0.2) is 6.10 Å². The van der Waals surface area contributed by atoms with Gasteiger partial charge >= 0.3 is 12.1 Å². The van der Waals surface area contributed by atoms with E-state index >= 15 is 0 Å². The zero-order valence-corrected chi connectivity index (χ0v) is 17.1. The van der Waals surface area contributed by atoms with E-state index in [1.54, 1.807) is 24.3 Å². The predicted molar refractivity (Wildman–Crippen MR) is 109 cm³/mol. The highest BCUT2D eigenvalue weighted by Gasteiger charge is 2.43. The second-order valence-corrected chi connectivity index (χ2v) is 6.69. The van der Waals surface area contributed by atoms with Crippen molar-refractivity contribution in [3.05, 3.63) is 64.7 Å². The molecular weight excluding hydrogens is 423 g/mol. The van der Waals surface area contributed by atoms with Crippen LogP contribution in [0, 0.1) is 0 Å². The molecule has 0 aliphatic carbocycles. The van der Waals surface area contributed by atoms with Crippen LogP contribution in [-0.4, -0.2) is 37.6 Å². The quantitative estimate of drug-likeness (QED) is 0.477. The first-order chi connectivity index (χ1) is 14.2. The van der Waals surface area contributed by atoms with Crippen molar-refractivity contribution in [2.75, 3.05) is 25.6 Å². The number of alkyl halides is 3. The molecule has 30 heavy (non-hydrogen) atoms. The number of nitrogens with one attached hydrogen (secondary N) is 1.